The fraction of sp³-hybridized carbons (Fsp3) is 0.500. The monoisotopic (exact) mass is 222 g/mol. The molecule has 0 aliphatic heterocycles. The molecular formula is C10H14N4O2. The van der Waals surface area contributed by atoms with E-state index in [1.165, 1.54) is 12.4 Å². The van der Waals surface area contributed by atoms with Crippen molar-refractivity contribution in [3.63, 3.8) is 0 Å². The van der Waals surface area contributed by atoms with Crippen LogP contribution >= 0.6 is 0 Å². The maximum absolute atomic E-state index is 9.37. The summed E-state index contributed by atoms with van der Waals surface area (Å²) in [5.41, 5.74) is 0.282. The molecule has 0 radical (unpaired) electrons. The van der Waals surface area contributed by atoms with Gasteiger partial charge < -0.3 is 15.2 Å². The zero-order valence-electron chi connectivity index (χ0n) is 9.05. The van der Waals surface area contributed by atoms with E-state index >= 15 is 0 Å². The van der Waals surface area contributed by atoms with Crippen molar-refractivity contribution >= 4 is 5.82 Å². The smallest absolute Gasteiger partial charge is 0.158 e. The lowest BCUT2D eigenvalue weighted by molar-refractivity contribution is 0.0615. The van der Waals surface area contributed by atoms with E-state index in [9.17, 15) is 5.11 Å². The summed E-state index contributed by atoms with van der Waals surface area (Å²) in [5, 5.41) is 20.9. The van der Waals surface area contributed by atoms with Crippen molar-refractivity contribution in [2.45, 2.75) is 12.5 Å². The van der Waals surface area contributed by atoms with Gasteiger partial charge in [0.05, 0.1) is 25.1 Å². The number of ether oxygens (including phenoxy) is 1. The van der Waals surface area contributed by atoms with E-state index in [0.29, 0.717) is 25.4 Å². The Hall–Kier alpha value is -1.71. The van der Waals surface area contributed by atoms with Gasteiger partial charge in [-0.1, -0.05) is 0 Å². The zero-order chi connectivity index (χ0) is 11.8. The SMILES string of the molecule is COCC(O)CCNc1cnc(C#N)cn1. The van der Waals surface area contributed by atoms with Crippen LogP contribution in [0.25, 0.3) is 0 Å². The molecule has 0 spiro atoms. The van der Waals surface area contributed by atoms with Crippen molar-refractivity contribution in [1.29, 1.82) is 5.26 Å². The van der Waals surface area contributed by atoms with E-state index in [-0.39, 0.29) is 5.69 Å². The number of hydrogen-bond donors (Lipinski definition) is 2. The van der Waals surface area contributed by atoms with E-state index in [0.717, 1.165) is 0 Å². The van der Waals surface area contributed by atoms with Gasteiger partial charge in [0.15, 0.2) is 5.69 Å². The normalized spacial score (nSPS) is 11.8. The van der Waals surface area contributed by atoms with Crippen LogP contribution in [0.2, 0.25) is 0 Å². The summed E-state index contributed by atoms with van der Waals surface area (Å²) in [5.74, 6) is 0.587. The second-order valence-corrected chi connectivity index (χ2v) is 3.22. The molecule has 16 heavy (non-hydrogen) atoms. The molecule has 0 aliphatic carbocycles. The highest BCUT2D eigenvalue weighted by Gasteiger charge is 2.03. The number of nitrogens with one attached hydrogen (secondary N) is 1. The lowest BCUT2D eigenvalue weighted by Gasteiger charge is -2.09. The van der Waals surface area contributed by atoms with Crippen molar-refractivity contribution in [3.8, 4) is 6.07 Å². The Morgan fingerprint density at radius 3 is 2.94 bits per heavy atom. The summed E-state index contributed by atoms with van der Waals surface area (Å²) in [7, 11) is 1.54. The first-order valence-corrected chi connectivity index (χ1v) is 4.89. The lowest BCUT2D eigenvalue weighted by Crippen LogP contribution is -2.18. The average molecular weight is 222 g/mol. The van der Waals surface area contributed by atoms with Gasteiger partial charge in [-0.2, -0.15) is 5.26 Å². The van der Waals surface area contributed by atoms with Gasteiger partial charge in [-0.05, 0) is 6.42 Å². The number of aliphatic hydroxyl groups is 1. The van der Waals surface area contributed by atoms with Crippen molar-refractivity contribution in [1.82, 2.24) is 9.97 Å². The van der Waals surface area contributed by atoms with Crippen molar-refractivity contribution in [2.24, 2.45) is 0 Å². The summed E-state index contributed by atoms with van der Waals surface area (Å²) >= 11 is 0. The Labute approximate surface area is 93.9 Å². The second-order valence-electron chi connectivity index (χ2n) is 3.22. The molecule has 1 unspecified atom stereocenters. The maximum Gasteiger partial charge on any atom is 0.158 e. The van der Waals surface area contributed by atoms with Gasteiger partial charge in [0.1, 0.15) is 11.9 Å². The van der Waals surface area contributed by atoms with E-state index in [2.05, 4.69) is 15.3 Å². The maximum atomic E-state index is 9.37. The number of methoxy groups -OCH3 is 1. The van der Waals surface area contributed by atoms with Crippen molar-refractivity contribution < 1.29 is 9.84 Å². The average Bonchev–Trinajstić information content (AvgIpc) is 2.30. The molecular weight excluding hydrogens is 208 g/mol. The van der Waals surface area contributed by atoms with Gasteiger partial charge in [0.2, 0.25) is 0 Å². The third-order valence-electron chi connectivity index (χ3n) is 1.91. The van der Waals surface area contributed by atoms with Crippen molar-refractivity contribution in [2.75, 3.05) is 25.6 Å². The fourth-order valence-electron chi connectivity index (χ4n) is 1.12. The number of rotatable bonds is 6. The molecule has 86 valence electrons. The first kappa shape index (κ1) is 12.4. The number of anilines is 1. The van der Waals surface area contributed by atoms with Gasteiger partial charge >= 0.3 is 0 Å². The van der Waals surface area contributed by atoms with Crippen LogP contribution < -0.4 is 5.32 Å². The zero-order valence-corrected chi connectivity index (χ0v) is 9.05. The molecule has 0 fully saturated rings. The molecule has 0 bridgehead atoms. The molecule has 6 nitrogen and oxygen atoms in total. The van der Waals surface area contributed by atoms with Gasteiger partial charge in [-0.3, -0.25) is 0 Å². The standard InChI is InChI=1S/C10H14N4O2/c1-16-7-9(15)2-3-12-10-6-13-8(4-11)5-14-10/h5-6,9,15H,2-3,7H2,1H3,(H,12,14). The minimum Gasteiger partial charge on any atom is -0.391 e. The van der Waals surface area contributed by atoms with E-state index in [4.69, 9.17) is 10.00 Å². The van der Waals surface area contributed by atoms with Crippen molar-refractivity contribution in [3.05, 3.63) is 18.1 Å². The molecule has 1 atom stereocenters. The lowest BCUT2D eigenvalue weighted by atomic mass is 10.3. The molecule has 1 aromatic heterocycles. The molecule has 2 N–H and O–H groups in total. The molecule has 1 rings (SSSR count). The van der Waals surface area contributed by atoms with Gasteiger partial charge in [0, 0.05) is 13.7 Å². The predicted octanol–water partition coefficient (Wildman–Crippen LogP) is 0.158. The Balaban J connectivity index is 2.29. The number of hydrogen-bond acceptors (Lipinski definition) is 6. The molecule has 0 aromatic carbocycles. The van der Waals surface area contributed by atoms with E-state index in [1.54, 1.807) is 7.11 Å². The van der Waals surface area contributed by atoms with Gasteiger partial charge in [-0.25, -0.2) is 9.97 Å². The van der Waals surface area contributed by atoms with Crippen LogP contribution in [-0.4, -0.2) is 41.4 Å². The predicted molar refractivity (Wildman–Crippen MR) is 57.7 cm³/mol. The van der Waals surface area contributed by atoms with E-state index in [1.807, 2.05) is 6.07 Å². The number of nitriles is 1. The topological polar surface area (TPSA) is 91.1 Å². The molecule has 0 saturated heterocycles. The van der Waals surface area contributed by atoms with Crippen LogP contribution in [0.4, 0.5) is 5.82 Å². The molecule has 6 heteroatoms. The summed E-state index contributed by atoms with van der Waals surface area (Å²) in [6.45, 7) is 0.895. The minimum absolute atomic E-state index is 0.282. The quantitative estimate of drug-likeness (QED) is 0.712. The highest BCUT2D eigenvalue weighted by Crippen LogP contribution is 2.01. The Kier molecular flexibility index (Phi) is 5.19. The van der Waals surface area contributed by atoms with Crippen LogP contribution in [0.1, 0.15) is 12.1 Å². The number of aliphatic hydroxyl groups excluding tert-OH is 1. The van der Waals surface area contributed by atoms with Crippen LogP contribution in [0, 0.1) is 11.3 Å². The highest BCUT2D eigenvalue weighted by atomic mass is 16.5. The van der Waals surface area contributed by atoms with Crippen LogP contribution in [-0.2, 0) is 4.74 Å². The summed E-state index contributed by atoms with van der Waals surface area (Å²) < 4.78 is 4.79. The van der Waals surface area contributed by atoms with Crippen LogP contribution in [0.15, 0.2) is 12.4 Å². The number of nitrogens with zero attached hydrogens (tertiary/aromatic N) is 3. The summed E-state index contributed by atoms with van der Waals surface area (Å²) in [4.78, 5) is 7.84. The molecule has 1 heterocycles. The fourth-order valence-corrected chi connectivity index (χ4v) is 1.12. The van der Waals surface area contributed by atoms with Crippen LogP contribution in [0.5, 0.6) is 0 Å². The first-order chi connectivity index (χ1) is 7.76. The Morgan fingerprint density at radius 2 is 2.38 bits per heavy atom. The third kappa shape index (κ3) is 4.21. The Bertz CT molecular complexity index is 347. The summed E-state index contributed by atoms with van der Waals surface area (Å²) in [6.07, 6.45) is 2.97. The highest BCUT2D eigenvalue weighted by molar-refractivity contribution is 5.32. The summed E-state index contributed by atoms with van der Waals surface area (Å²) in [6, 6.07) is 1.89. The largest absolute Gasteiger partial charge is 0.391 e. The van der Waals surface area contributed by atoms with Gasteiger partial charge in [-0.15, -0.1) is 0 Å². The Morgan fingerprint density at radius 1 is 1.56 bits per heavy atom. The first-order valence-electron chi connectivity index (χ1n) is 4.89. The molecule has 0 aliphatic rings. The third-order valence-corrected chi connectivity index (χ3v) is 1.91. The molecule has 1 aromatic rings. The second kappa shape index (κ2) is 6.71. The van der Waals surface area contributed by atoms with Crippen LogP contribution in [0.3, 0.4) is 0 Å². The van der Waals surface area contributed by atoms with E-state index < -0.39 is 6.10 Å². The number of aromatic nitrogens is 2. The van der Waals surface area contributed by atoms with Gasteiger partial charge in [0.25, 0.3) is 0 Å². The minimum atomic E-state index is -0.483. The molecule has 0 saturated carbocycles. The molecule has 0 amide bonds.